The van der Waals surface area contributed by atoms with E-state index in [9.17, 15) is 9.90 Å². The number of aliphatic hydroxyl groups excluding tert-OH is 1. The lowest BCUT2D eigenvalue weighted by Crippen LogP contribution is -2.39. The monoisotopic (exact) mass is 594 g/mol. The fourth-order valence-corrected chi connectivity index (χ4v) is 5.34. The van der Waals surface area contributed by atoms with Crippen LogP contribution in [0, 0.1) is 0 Å². The number of ether oxygens (including phenoxy) is 2. The number of hydrogen-bond donors (Lipinski definition) is 3. The molecule has 1 saturated heterocycles. The van der Waals surface area contributed by atoms with Crippen molar-refractivity contribution in [1.29, 1.82) is 0 Å². The first-order valence-corrected chi connectivity index (χ1v) is 14.2. The average Bonchev–Trinajstić information content (AvgIpc) is 3.32. The summed E-state index contributed by atoms with van der Waals surface area (Å²) >= 11 is 12.7. The van der Waals surface area contributed by atoms with Gasteiger partial charge in [-0.25, -0.2) is 9.78 Å². The van der Waals surface area contributed by atoms with E-state index in [1.165, 1.54) is 0 Å². The summed E-state index contributed by atoms with van der Waals surface area (Å²) < 4.78 is 15.2. The number of halogens is 2. The van der Waals surface area contributed by atoms with E-state index in [0.29, 0.717) is 24.8 Å². The van der Waals surface area contributed by atoms with Crippen molar-refractivity contribution in [3.8, 4) is 0 Å². The van der Waals surface area contributed by atoms with E-state index in [0.717, 1.165) is 27.8 Å². The van der Waals surface area contributed by atoms with Crippen molar-refractivity contribution in [3.05, 3.63) is 123 Å². The Bertz CT molecular complexity index is 1430. The Labute approximate surface area is 249 Å². The van der Waals surface area contributed by atoms with Crippen LogP contribution in [0.25, 0.3) is 0 Å². The van der Waals surface area contributed by atoms with Gasteiger partial charge in [-0.1, -0.05) is 102 Å². The third-order valence-corrected chi connectivity index (χ3v) is 7.89. The smallest absolute Gasteiger partial charge is 0.315 e. The molecule has 10 heteroatoms. The first-order valence-electron chi connectivity index (χ1n) is 13.5. The van der Waals surface area contributed by atoms with Crippen LogP contribution in [0.15, 0.2) is 85.2 Å². The second-order valence-corrected chi connectivity index (χ2v) is 10.5. The summed E-state index contributed by atoms with van der Waals surface area (Å²) in [4.78, 5) is 16.0. The number of amides is 2. The molecule has 3 N–H and O–H groups in total. The zero-order chi connectivity index (χ0) is 28.8. The third-order valence-electron chi connectivity index (χ3n) is 7.12. The van der Waals surface area contributed by atoms with Gasteiger partial charge in [0, 0.05) is 24.6 Å². The molecular formula is C31H32Cl2N4O4. The quantitative estimate of drug-likeness (QED) is 0.216. The molecule has 0 aliphatic carbocycles. The highest BCUT2D eigenvalue weighted by Gasteiger charge is 2.42. The summed E-state index contributed by atoms with van der Waals surface area (Å²) in [6, 6.07) is 25.5. The summed E-state index contributed by atoms with van der Waals surface area (Å²) in [6.07, 6.45) is 0.208. The number of benzene rings is 3. The topological polar surface area (TPSA) is 97.6 Å². The Balaban J connectivity index is 1.49. The predicted molar refractivity (Wildman–Crippen MR) is 158 cm³/mol. The Morgan fingerprint density at radius 3 is 2.22 bits per heavy atom. The molecule has 8 nitrogen and oxygen atoms in total. The molecular weight excluding hydrogens is 563 g/mol. The highest BCUT2D eigenvalue weighted by atomic mass is 35.5. The molecule has 1 aliphatic heterocycles. The number of carbonyl (C=O) groups is 1. The fourth-order valence-electron chi connectivity index (χ4n) is 5.03. The summed E-state index contributed by atoms with van der Waals surface area (Å²) in [5.41, 5.74) is 4.63. The van der Waals surface area contributed by atoms with Crippen molar-refractivity contribution in [2.45, 2.75) is 51.0 Å². The van der Waals surface area contributed by atoms with E-state index in [2.05, 4.69) is 27.8 Å². The first kappa shape index (κ1) is 29.1. The Kier molecular flexibility index (Phi) is 9.59. The molecule has 4 atom stereocenters. The number of carbonyl (C=O) groups excluding carboxylic acids is 1. The van der Waals surface area contributed by atoms with Crippen molar-refractivity contribution in [3.63, 3.8) is 0 Å². The Morgan fingerprint density at radius 1 is 0.902 bits per heavy atom. The third kappa shape index (κ3) is 6.92. The number of aromatic nitrogens is 2. The Hall–Kier alpha value is -3.40. The van der Waals surface area contributed by atoms with Crippen LogP contribution in [0.3, 0.4) is 0 Å². The highest BCUT2D eigenvalue weighted by Crippen LogP contribution is 2.47. The number of rotatable bonds is 9. The number of nitrogens with zero attached hydrogens (tertiary/aromatic N) is 2. The molecule has 0 radical (unpaired) electrons. The second kappa shape index (κ2) is 13.5. The normalized spacial score (nSPS) is 20.5. The number of aliphatic hydroxyl groups is 1. The molecule has 41 heavy (non-hydrogen) atoms. The highest BCUT2D eigenvalue weighted by molar-refractivity contribution is 6.40. The van der Waals surface area contributed by atoms with E-state index in [4.69, 9.17) is 32.7 Å². The summed E-state index contributed by atoms with van der Waals surface area (Å²) in [5.74, 6) is -0.190. The molecule has 0 spiro atoms. The maximum atomic E-state index is 11.8. The minimum atomic E-state index is -0.675. The van der Waals surface area contributed by atoms with Crippen LogP contribution in [0.1, 0.15) is 53.1 Å². The largest absolute Gasteiger partial charge is 0.392 e. The molecule has 2 heterocycles. The maximum Gasteiger partial charge on any atom is 0.315 e. The SMILES string of the molecule is CCNC(=O)NCc1ccc(C2O[C@H](Cn3cnc(Cl)c3Cl)[C@@H](c3ccccc3)[C@H](c3ccc(CO)cc3)O2)cc1. The van der Waals surface area contributed by atoms with E-state index in [-0.39, 0.29) is 35.9 Å². The van der Waals surface area contributed by atoms with Gasteiger partial charge in [0.2, 0.25) is 0 Å². The van der Waals surface area contributed by atoms with Crippen LogP contribution in [0.5, 0.6) is 0 Å². The van der Waals surface area contributed by atoms with Crippen LogP contribution < -0.4 is 10.6 Å². The van der Waals surface area contributed by atoms with Crippen molar-refractivity contribution in [2.75, 3.05) is 6.54 Å². The number of nitrogens with one attached hydrogen (secondary N) is 2. The van der Waals surface area contributed by atoms with Gasteiger partial charge in [-0.15, -0.1) is 0 Å². The lowest BCUT2D eigenvalue weighted by molar-refractivity contribution is -0.263. The molecule has 4 aromatic rings. The molecule has 1 aromatic heterocycles. The molecule has 214 valence electrons. The van der Waals surface area contributed by atoms with E-state index >= 15 is 0 Å². The zero-order valence-corrected chi connectivity index (χ0v) is 24.1. The first-order chi connectivity index (χ1) is 20.0. The van der Waals surface area contributed by atoms with Crippen LogP contribution in [-0.4, -0.2) is 33.3 Å². The number of urea groups is 1. The number of imidazole rings is 1. The molecule has 5 rings (SSSR count). The summed E-state index contributed by atoms with van der Waals surface area (Å²) in [6.45, 7) is 3.20. The van der Waals surface area contributed by atoms with Crippen molar-refractivity contribution in [2.24, 2.45) is 0 Å². The summed E-state index contributed by atoms with van der Waals surface area (Å²) in [5, 5.41) is 15.7. The van der Waals surface area contributed by atoms with Gasteiger partial charge in [-0.05, 0) is 29.2 Å². The average molecular weight is 596 g/mol. The van der Waals surface area contributed by atoms with Crippen LogP contribution in [0.2, 0.25) is 10.3 Å². The summed E-state index contributed by atoms with van der Waals surface area (Å²) in [7, 11) is 0. The molecule has 1 unspecified atom stereocenters. The Morgan fingerprint density at radius 2 is 1.59 bits per heavy atom. The molecule has 0 bridgehead atoms. The predicted octanol–water partition coefficient (Wildman–Crippen LogP) is 6.14. The lowest BCUT2D eigenvalue weighted by Gasteiger charge is -2.43. The molecule has 0 saturated carbocycles. The fraction of sp³-hybridized carbons (Fsp3) is 0.290. The number of hydrogen-bond acceptors (Lipinski definition) is 5. The van der Waals surface area contributed by atoms with Crippen molar-refractivity contribution >= 4 is 29.2 Å². The van der Waals surface area contributed by atoms with Gasteiger partial charge in [0.05, 0.1) is 31.7 Å². The van der Waals surface area contributed by atoms with Crippen LogP contribution >= 0.6 is 23.2 Å². The van der Waals surface area contributed by atoms with Gasteiger partial charge >= 0.3 is 6.03 Å². The molecule has 1 aliphatic rings. The lowest BCUT2D eigenvalue weighted by atomic mass is 9.83. The zero-order valence-electron chi connectivity index (χ0n) is 22.5. The van der Waals surface area contributed by atoms with Gasteiger partial charge in [-0.3, -0.25) is 0 Å². The van der Waals surface area contributed by atoms with Crippen molar-refractivity contribution < 1.29 is 19.4 Å². The standard InChI is InChI=1S/C31H32Cl2N4O4/c1-2-34-31(39)35-16-20-8-14-24(15-9-20)30-40-25(17-37-19-36-28(32)29(37)33)26(22-6-4-3-5-7-22)27(41-30)23-12-10-21(18-38)11-13-23/h3-15,19,25-27,30,38H,2,16-18H2,1H3,(H2,34,35,39)/t25-,26-,27+,30?/m1/s1. The van der Waals surface area contributed by atoms with Gasteiger partial charge in [0.25, 0.3) is 0 Å². The van der Waals surface area contributed by atoms with Crippen LogP contribution in [-0.2, 0) is 29.2 Å². The van der Waals surface area contributed by atoms with Gasteiger partial charge in [0.1, 0.15) is 5.15 Å². The van der Waals surface area contributed by atoms with Gasteiger partial charge in [0.15, 0.2) is 11.4 Å². The van der Waals surface area contributed by atoms with Gasteiger partial charge < -0.3 is 29.8 Å². The van der Waals surface area contributed by atoms with E-state index in [1.807, 2.05) is 73.7 Å². The second-order valence-electron chi connectivity index (χ2n) is 9.83. The van der Waals surface area contributed by atoms with E-state index in [1.54, 1.807) is 10.9 Å². The molecule has 2 amide bonds. The maximum absolute atomic E-state index is 11.8. The van der Waals surface area contributed by atoms with E-state index < -0.39 is 6.29 Å². The van der Waals surface area contributed by atoms with Crippen LogP contribution in [0.4, 0.5) is 4.79 Å². The molecule has 1 fully saturated rings. The minimum Gasteiger partial charge on any atom is -0.392 e. The van der Waals surface area contributed by atoms with Crippen molar-refractivity contribution in [1.82, 2.24) is 20.2 Å². The molecule has 3 aromatic carbocycles. The van der Waals surface area contributed by atoms with Gasteiger partial charge in [-0.2, -0.15) is 0 Å². The minimum absolute atomic E-state index is 0.0382.